The van der Waals surface area contributed by atoms with E-state index in [9.17, 15) is 9.59 Å². The van der Waals surface area contributed by atoms with Gasteiger partial charge in [-0.1, -0.05) is 49.1 Å². The van der Waals surface area contributed by atoms with Gasteiger partial charge in [0, 0.05) is 30.0 Å². The zero-order chi connectivity index (χ0) is 19.2. The van der Waals surface area contributed by atoms with Crippen LogP contribution in [0.4, 0.5) is 5.69 Å². The number of benzene rings is 2. The second-order valence-corrected chi connectivity index (χ2v) is 6.78. The molecule has 0 radical (unpaired) electrons. The normalized spacial score (nSPS) is 13.2. The molecule has 1 N–H and O–H groups in total. The number of nitrogens with zero attached hydrogens (tertiary/aromatic N) is 1. The molecule has 1 heterocycles. The van der Waals surface area contributed by atoms with Crippen molar-refractivity contribution in [2.24, 2.45) is 0 Å². The Morgan fingerprint density at radius 3 is 2.48 bits per heavy atom. The molecule has 1 aliphatic rings. The summed E-state index contributed by atoms with van der Waals surface area (Å²) in [6, 6.07) is 15.7. The number of carbonyl (C=O) groups excluding carboxylic acids is 2. The SMILES string of the molecule is CCC(C)NC(=O)CCC(=O)N1Cc2ccccc2C#Cc2ccccc21. The molecule has 0 aliphatic carbocycles. The lowest BCUT2D eigenvalue weighted by Gasteiger charge is -2.26. The first-order chi connectivity index (χ1) is 13.1. The fourth-order valence-corrected chi connectivity index (χ4v) is 3.01. The molecule has 0 saturated heterocycles. The molecule has 0 fully saturated rings. The lowest BCUT2D eigenvalue weighted by Crippen LogP contribution is -2.35. The summed E-state index contributed by atoms with van der Waals surface area (Å²) in [5.74, 6) is 6.23. The van der Waals surface area contributed by atoms with Crippen molar-refractivity contribution in [3.05, 3.63) is 65.2 Å². The van der Waals surface area contributed by atoms with Crippen molar-refractivity contribution in [3.63, 3.8) is 0 Å². The molecule has 2 aromatic carbocycles. The minimum atomic E-state index is -0.0850. The van der Waals surface area contributed by atoms with Gasteiger partial charge in [-0.15, -0.1) is 0 Å². The van der Waals surface area contributed by atoms with Crippen LogP contribution in [-0.2, 0) is 16.1 Å². The lowest BCUT2D eigenvalue weighted by molar-refractivity contribution is -0.125. The van der Waals surface area contributed by atoms with E-state index in [1.807, 2.05) is 62.4 Å². The third-order valence-electron chi connectivity index (χ3n) is 4.76. The van der Waals surface area contributed by atoms with Crippen molar-refractivity contribution in [1.29, 1.82) is 0 Å². The maximum Gasteiger partial charge on any atom is 0.227 e. The Morgan fingerprint density at radius 2 is 1.70 bits per heavy atom. The summed E-state index contributed by atoms with van der Waals surface area (Å²) >= 11 is 0. The second-order valence-electron chi connectivity index (χ2n) is 6.78. The number of fused-ring (bicyclic) bond motifs is 2. The van der Waals surface area contributed by atoms with Crippen molar-refractivity contribution < 1.29 is 9.59 Å². The number of hydrogen-bond acceptors (Lipinski definition) is 2. The fourth-order valence-electron chi connectivity index (χ4n) is 3.01. The summed E-state index contributed by atoms with van der Waals surface area (Å²) in [5.41, 5.74) is 3.56. The van der Waals surface area contributed by atoms with E-state index < -0.39 is 0 Å². The highest BCUT2D eigenvalue weighted by atomic mass is 16.2. The number of nitrogens with one attached hydrogen (secondary N) is 1. The van der Waals surface area contributed by atoms with Gasteiger partial charge < -0.3 is 10.2 Å². The maximum absolute atomic E-state index is 13.0. The van der Waals surface area contributed by atoms with Gasteiger partial charge in [-0.05, 0) is 37.1 Å². The van der Waals surface area contributed by atoms with E-state index in [-0.39, 0.29) is 30.7 Å². The molecule has 4 heteroatoms. The summed E-state index contributed by atoms with van der Waals surface area (Å²) in [5, 5.41) is 2.91. The van der Waals surface area contributed by atoms with Crippen LogP contribution in [0.3, 0.4) is 0 Å². The molecule has 2 aromatic rings. The molecule has 3 rings (SSSR count). The molecule has 1 aliphatic heterocycles. The molecule has 4 nitrogen and oxygen atoms in total. The number of rotatable bonds is 5. The van der Waals surface area contributed by atoms with Crippen molar-refractivity contribution in [1.82, 2.24) is 5.32 Å². The second kappa shape index (κ2) is 8.55. The predicted molar refractivity (Wildman–Crippen MR) is 107 cm³/mol. The van der Waals surface area contributed by atoms with Crippen LogP contribution in [-0.4, -0.2) is 17.9 Å². The molecule has 138 valence electrons. The fraction of sp³-hybridized carbons (Fsp3) is 0.304. The van der Waals surface area contributed by atoms with Crippen LogP contribution in [0.25, 0.3) is 0 Å². The Bertz CT molecular complexity index is 908. The molecule has 0 saturated carbocycles. The Balaban J connectivity index is 1.83. The van der Waals surface area contributed by atoms with Crippen molar-refractivity contribution in [2.75, 3.05) is 4.90 Å². The molecule has 0 spiro atoms. The Morgan fingerprint density at radius 1 is 1.04 bits per heavy atom. The summed E-state index contributed by atoms with van der Waals surface area (Å²) in [7, 11) is 0. The summed E-state index contributed by atoms with van der Waals surface area (Å²) in [4.78, 5) is 26.8. The van der Waals surface area contributed by atoms with Gasteiger partial charge in [0.15, 0.2) is 0 Å². The van der Waals surface area contributed by atoms with Crippen molar-refractivity contribution in [3.8, 4) is 11.8 Å². The van der Waals surface area contributed by atoms with Gasteiger partial charge in [0.05, 0.1) is 12.2 Å². The first kappa shape index (κ1) is 18.7. The van der Waals surface area contributed by atoms with Crippen LogP contribution in [0.2, 0.25) is 0 Å². The first-order valence-electron chi connectivity index (χ1n) is 9.37. The van der Waals surface area contributed by atoms with Gasteiger partial charge in [0.2, 0.25) is 11.8 Å². The van der Waals surface area contributed by atoms with E-state index in [4.69, 9.17) is 0 Å². The monoisotopic (exact) mass is 360 g/mol. The Labute approximate surface area is 160 Å². The topological polar surface area (TPSA) is 49.4 Å². The van der Waals surface area contributed by atoms with E-state index in [1.165, 1.54) is 0 Å². The van der Waals surface area contributed by atoms with E-state index in [0.717, 1.165) is 28.8 Å². The highest BCUT2D eigenvalue weighted by Gasteiger charge is 2.21. The van der Waals surface area contributed by atoms with Crippen LogP contribution in [0.15, 0.2) is 48.5 Å². The van der Waals surface area contributed by atoms with Crippen LogP contribution in [0.5, 0.6) is 0 Å². The largest absolute Gasteiger partial charge is 0.354 e. The summed E-state index contributed by atoms with van der Waals surface area (Å²) in [6.07, 6.45) is 1.23. The first-order valence-corrected chi connectivity index (χ1v) is 9.37. The minimum Gasteiger partial charge on any atom is -0.354 e. The molecule has 2 amide bonds. The average Bonchev–Trinajstić information content (AvgIpc) is 2.67. The molecule has 1 atom stereocenters. The zero-order valence-electron chi connectivity index (χ0n) is 15.8. The summed E-state index contributed by atoms with van der Waals surface area (Å²) < 4.78 is 0. The molecular formula is C23H24N2O2. The lowest BCUT2D eigenvalue weighted by atomic mass is 10.0. The number of carbonyl (C=O) groups is 2. The third-order valence-corrected chi connectivity index (χ3v) is 4.76. The van der Waals surface area contributed by atoms with Crippen molar-refractivity contribution >= 4 is 17.5 Å². The van der Waals surface area contributed by atoms with Gasteiger partial charge in [-0.3, -0.25) is 9.59 Å². The molecule has 1 unspecified atom stereocenters. The molecule has 27 heavy (non-hydrogen) atoms. The Kier molecular flexibility index (Phi) is 5.93. The third kappa shape index (κ3) is 4.57. The van der Waals surface area contributed by atoms with E-state index >= 15 is 0 Å². The van der Waals surface area contributed by atoms with Crippen molar-refractivity contribution in [2.45, 2.75) is 45.7 Å². The van der Waals surface area contributed by atoms with E-state index in [1.54, 1.807) is 4.90 Å². The summed E-state index contributed by atoms with van der Waals surface area (Å²) in [6.45, 7) is 4.43. The van der Waals surface area contributed by atoms with Gasteiger partial charge >= 0.3 is 0 Å². The van der Waals surface area contributed by atoms with Crippen LogP contribution in [0, 0.1) is 11.8 Å². The smallest absolute Gasteiger partial charge is 0.227 e. The molecular weight excluding hydrogens is 336 g/mol. The highest BCUT2D eigenvalue weighted by Crippen LogP contribution is 2.26. The number of hydrogen-bond donors (Lipinski definition) is 1. The van der Waals surface area contributed by atoms with Gasteiger partial charge in [0.25, 0.3) is 0 Å². The quantitative estimate of drug-likeness (QED) is 0.828. The van der Waals surface area contributed by atoms with Gasteiger partial charge in [-0.2, -0.15) is 0 Å². The van der Waals surface area contributed by atoms with Crippen LogP contribution < -0.4 is 10.2 Å². The zero-order valence-corrected chi connectivity index (χ0v) is 15.8. The Hall–Kier alpha value is -3.06. The van der Waals surface area contributed by atoms with E-state index in [0.29, 0.717) is 6.54 Å². The maximum atomic E-state index is 13.0. The number of amides is 2. The average molecular weight is 360 g/mol. The van der Waals surface area contributed by atoms with E-state index in [2.05, 4.69) is 17.2 Å². The van der Waals surface area contributed by atoms with Crippen LogP contribution in [0.1, 0.15) is 49.8 Å². The predicted octanol–water partition coefficient (Wildman–Crippen LogP) is 3.63. The minimum absolute atomic E-state index is 0.0692. The van der Waals surface area contributed by atoms with Gasteiger partial charge in [-0.25, -0.2) is 0 Å². The molecule has 0 aromatic heterocycles. The van der Waals surface area contributed by atoms with Crippen LogP contribution >= 0.6 is 0 Å². The van der Waals surface area contributed by atoms with Gasteiger partial charge in [0.1, 0.15) is 0 Å². The number of para-hydroxylation sites is 1. The number of anilines is 1. The molecule has 0 bridgehead atoms. The highest BCUT2D eigenvalue weighted by molar-refractivity contribution is 5.96. The standard InChI is InChI=1S/C23H24N2O2/c1-3-17(2)24-22(26)14-15-23(27)25-16-20-10-5-4-8-18(20)12-13-19-9-6-7-11-21(19)25/h4-11,17H,3,14-16H2,1-2H3,(H,24,26).